The van der Waals surface area contributed by atoms with Crippen LogP contribution in [0.2, 0.25) is 0 Å². The molecule has 0 bridgehead atoms. The average Bonchev–Trinajstić information content (AvgIpc) is 2.88. The van der Waals surface area contributed by atoms with Gasteiger partial charge in [-0.15, -0.1) is 0 Å². The van der Waals surface area contributed by atoms with E-state index in [9.17, 15) is 0 Å². The number of rotatable bonds is 3. The van der Waals surface area contributed by atoms with Crippen LogP contribution in [0.1, 0.15) is 0 Å². The van der Waals surface area contributed by atoms with Crippen LogP contribution in [0.4, 0.5) is 5.69 Å². The van der Waals surface area contributed by atoms with E-state index in [0.29, 0.717) is 5.88 Å². The Bertz CT molecular complexity index is 675. The minimum Gasteiger partial charge on any atom is -0.438 e. The topological polar surface area (TPSA) is 49.9 Å². The van der Waals surface area contributed by atoms with Crippen molar-refractivity contribution in [3.8, 4) is 11.6 Å². The Hall–Kier alpha value is -2.49. The summed E-state index contributed by atoms with van der Waals surface area (Å²) in [5, 5.41) is 4.11. The van der Waals surface area contributed by atoms with Crippen LogP contribution in [0.3, 0.4) is 0 Å². The molecule has 2 heterocycles. The van der Waals surface area contributed by atoms with E-state index in [1.165, 1.54) is 0 Å². The minimum atomic E-state index is 0.579. The molecule has 1 aromatic carbocycles. The Morgan fingerprint density at radius 2 is 2.17 bits per heavy atom. The number of hydrogen-bond donors (Lipinski definition) is 2. The van der Waals surface area contributed by atoms with Crippen LogP contribution in [0, 0.1) is 0 Å². The summed E-state index contributed by atoms with van der Waals surface area (Å²) in [5.74, 6) is 1.38. The molecule has 2 aromatic heterocycles. The van der Waals surface area contributed by atoms with Crippen molar-refractivity contribution in [2.24, 2.45) is 0 Å². The highest BCUT2D eigenvalue weighted by atomic mass is 16.5. The van der Waals surface area contributed by atoms with Crippen LogP contribution in [-0.4, -0.2) is 17.0 Å². The van der Waals surface area contributed by atoms with Crippen molar-refractivity contribution in [2.45, 2.75) is 0 Å². The highest BCUT2D eigenvalue weighted by molar-refractivity contribution is 5.85. The third-order valence-corrected chi connectivity index (χ3v) is 2.79. The smallest absolute Gasteiger partial charge is 0.221 e. The molecule has 0 amide bonds. The fourth-order valence-electron chi connectivity index (χ4n) is 1.88. The maximum atomic E-state index is 5.82. The Labute approximate surface area is 105 Å². The first-order chi connectivity index (χ1) is 8.86. The van der Waals surface area contributed by atoms with E-state index in [0.717, 1.165) is 22.3 Å². The monoisotopic (exact) mass is 239 g/mol. The normalized spacial score (nSPS) is 10.5. The van der Waals surface area contributed by atoms with E-state index in [1.807, 2.05) is 49.6 Å². The van der Waals surface area contributed by atoms with Crippen LogP contribution in [0.15, 0.2) is 48.8 Å². The minimum absolute atomic E-state index is 0.579. The second-order valence-electron chi connectivity index (χ2n) is 3.93. The van der Waals surface area contributed by atoms with Gasteiger partial charge in [0.15, 0.2) is 0 Å². The molecule has 0 atom stereocenters. The summed E-state index contributed by atoms with van der Waals surface area (Å²) in [6.45, 7) is 0. The summed E-state index contributed by atoms with van der Waals surface area (Å²) in [7, 11) is 1.87. The van der Waals surface area contributed by atoms with Crippen LogP contribution in [0.5, 0.6) is 11.6 Å². The number of pyridine rings is 1. The first-order valence-corrected chi connectivity index (χ1v) is 5.74. The van der Waals surface area contributed by atoms with Crippen molar-refractivity contribution in [2.75, 3.05) is 12.4 Å². The van der Waals surface area contributed by atoms with Crippen molar-refractivity contribution in [3.05, 3.63) is 48.8 Å². The summed E-state index contributed by atoms with van der Waals surface area (Å²) in [6.07, 6.45) is 3.62. The molecule has 0 radical (unpaired) electrons. The molecular weight excluding hydrogens is 226 g/mol. The maximum Gasteiger partial charge on any atom is 0.221 e. The zero-order chi connectivity index (χ0) is 12.4. The zero-order valence-corrected chi connectivity index (χ0v) is 9.97. The van der Waals surface area contributed by atoms with Gasteiger partial charge in [0.25, 0.3) is 0 Å². The lowest BCUT2D eigenvalue weighted by Crippen LogP contribution is -1.92. The lowest BCUT2D eigenvalue weighted by atomic mass is 10.2. The van der Waals surface area contributed by atoms with Gasteiger partial charge < -0.3 is 15.0 Å². The fraction of sp³-hybridized carbons (Fsp3) is 0.0714. The fourth-order valence-corrected chi connectivity index (χ4v) is 1.88. The largest absolute Gasteiger partial charge is 0.438 e. The second-order valence-corrected chi connectivity index (χ2v) is 3.93. The van der Waals surface area contributed by atoms with Crippen molar-refractivity contribution < 1.29 is 4.74 Å². The number of hydrogen-bond acceptors (Lipinski definition) is 3. The number of aromatic nitrogens is 2. The van der Waals surface area contributed by atoms with Gasteiger partial charge in [-0.2, -0.15) is 0 Å². The van der Waals surface area contributed by atoms with Gasteiger partial charge in [0, 0.05) is 42.1 Å². The average molecular weight is 239 g/mol. The number of benzene rings is 1. The van der Waals surface area contributed by atoms with E-state index < -0.39 is 0 Å². The Morgan fingerprint density at radius 1 is 1.22 bits per heavy atom. The molecule has 0 aliphatic carbocycles. The predicted octanol–water partition coefficient (Wildman–Crippen LogP) is 3.40. The lowest BCUT2D eigenvalue weighted by Gasteiger charge is -2.07. The first-order valence-electron chi connectivity index (χ1n) is 5.74. The number of ether oxygens (including phenoxy) is 1. The summed E-state index contributed by atoms with van der Waals surface area (Å²) >= 11 is 0. The number of H-pyrrole nitrogens is 1. The quantitative estimate of drug-likeness (QED) is 0.736. The number of nitrogens with one attached hydrogen (secondary N) is 2. The second kappa shape index (κ2) is 4.41. The van der Waals surface area contributed by atoms with Crippen LogP contribution < -0.4 is 10.1 Å². The number of aromatic amines is 1. The Morgan fingerprint density at radius 3 is 3.06 bits per heavy atom. The Balaban J connectivity index is 1.98. The third kappa shape index (κ3) is 1.88. The van der Waals surface area contributed by atoms with Crippen LogP contribution in [-0.2, 0) is 0 Å². The van der Waals surface area contributed by atoms with Gasteiger partial charge in [-0.25, -0.2) is 4.98 Å². The van der Waals surface area contributed by atoms with E-state index >= 15 is 0 Å². The SMILES string of the molecule is CNc1ccnc(Oc2cccc3[nH]ccc23)c1. The van der Waals surface area contributed by atoms with Crippen LogP contribution in [0.25, 0.3) is 10.9 Å². The molecule has 3 rings (SSSR count). The summed E-state index contributed by atoms with van der Waals surface area (Å²) in [5.41, 5.74) is 2.03. The van der Waals surface area contributed by atoms with E-state index in [2.05, 4.69) is 15.3 Å². The van der Waals surface area contributed by atoms with Crippen molar-refractivity contribution in [1.29, 1.82) is 0 Å². The van der Waals surface area contributed by atoms with Gasteiger partial charge in [0.1, 0.15) is 5.75 Å². The first kappa shape index (κ1) is 10.7. The molecule has 90 valence electrons. The highest BCUT2D eigenvalue weighted by Gasteiger charge is 2.05. The van der Waals surface area contributed by atoms with Gasteiger partial charge >= 0.3 is 0 Å². The third-order valence-electron chi connectivity index (χ3n) is 2.79. The highest BCUT2D eigenvalue weighted by Crippen LogP contribution is 2.29. The van der Waals surface area contributed by atoms with Gasteiger partial charge in [-0.05, 0) is 24.3 Å². The molecule has 0 saturated carbocycles. The molecule has 0 aliphatic rings. The summed E-state index contributed by atoms with van der Waals surface area (Å²) in [6, 6.07) is 11.7. The van der Waals surface area contributed by atoms with Gasteiger partial charge in [0.2, 0.25) is 5.88 Å². The standard InChI is InChI=1S/C14H13N3O/c1-15-10-5-7-17-14(9-10)18-13-4-2-3-12-11(13)6-8-16-12/h2-9,16H,1H3,(H,15,17). The Kier molecular flexibility index (Phi) is 2.61. The summed E-state index contributed by atoms with van der Waals surface area (Å²) in [4.78, 5) is 7.36. The molecule has 3 aromatic rings. The maximum absolute atomic E-state index is 5.82. The molecule has 0 spiro atoms. The van der Waals surface area contributed by atoms with E-state index in [4.69, 9.17) is 4.74 Å². The predicted molar refractivity (Wildman–Crippen MR) is 72.2 cm³/mol. The molecule has 18 heavy (non-hydrogen) atoms. The van der Waals surface area contributed by atoms with E-state index in [-0.39, 0.29) is 0 Å². The molecule has 0 aliphatic heterocycles. The van der Waals surface area contributed by atoms with E-state index in [1.54, 1.807) is 6.20 Å². The molecule has 0 saturated heterocycles. The number of anilines is 1. The molecule has 2 N–H and O–H groups in total. The number of fused-ring (bicyclic) bond motifs is 1. The van der Waals surface area contributed by atoms with Crippen molar-refractivity contribution >= 4 is 16.6 Å². The van der Waals surface area contributed by atoms with Gasteiger partial charge in [-0.3, -0.25) is 0 Å². The van der Waals surface area contributed by atoms with Crippen molar-refractivity contribution in [3.63, 3.8) is 0 Å². The molecule has 0 fully saturated rings. The van der Waals surface area contributed by atoms with Gasteiger partial charge in [0.05, 0.1) is 0 Å². The summed E-state index contributed by atoms with van der Waals surface area (Å²) < 4.78 is 5.82. The lowest BCUT2D eigenvalue weighted by molar-refractivity contribution is 0.468. The van der Waals surface area contributed by atoms with Crippen molar-refractivity contribution in [1.82, 2.24) is 9.97 Å². The zero-order valence-electron chi connectivity index (χ0n) is 9.97. The van der Waals surface area contributed by atoms with Crippen LogP contribution >= 0.6 is 0 Å². The molecule has 4 heteroatoms. The molecule has 4 nitrogen and oxygen atoms in total. The van der Waals surface area contributed by atoms with Gasteiger partial charge in [-0.1, -0.05) is 6.07 Å². The molecule has 0 unspecified atom stereocenters. The molecular formula is C14H13N3O. The number of nitrogens with zero attached hydrogens (tertiary/aromatic N) is 1.